The number of para-hydroxylation sites is 3. The first-order valence-electron chi connectivity index (χ1n) is 18.3. The second kappa shape index (κ2) is 11.6. The average Bonchev–Trinajstić information content (AvgIpc) is 3.71. The maximum absolute atomic E-state index is 6.81. The normalized spacial score (nSPS) is 13.4. The fourth-order valence-electron chi connectivity index (χ4n) is 9.20. The first-order valence-corrected chi connectivity index (χ1v) is 18.3. The van der Waals surface area contributed by atoms with Crippen molar-refractivity contribution in [3.63, 3.8) is 0 Å². The molecular formula is C51H33NO. The lowest BCUT2D eigenvalue weighted by molar-refractivity contribution is 0.669. The SMILES string of the molecule is C1=Cc2ccccc2C2(c3ccccc31)c1ccccc1-c1c(N(c3ccccc3-c3ccccc3)c3cccc4c3oc3ccccc34)cccc12. The molecule has 0 fully saturated rings. The fraction of sp³-hybridized carbons (Fsp3) is 0.0196. The first-order chi connectivity index (χ1) is 26.3. The quantitative estimate of drug-likeness (QED) is 0.185. The third-order valence-electron chi connectivity index (χ3n) is 11.3. The minimum absolute atomic E-state index is 0.533. The van der Waals surface area contributed by atoms with E-state index in [9.17, 15) is 0 Å². The van der Waals surface area contributed by atoms with Crippen LogP contribution in [0.15, 0.2) is 192 Å². The number of anilines is 3. The molecule has 0 aliphatic heterocycles. The highest BCUT2D eigenvalue weighted by Crippen LogP contribution is 2.61. The van der Waals surface area contributed by atoms with Gasteiger partial charge >= 0.3 is 0 Å². The second-order valence-electron chi connectivity index (χ2n) is 14.0. The van der Waals surface area contributed by atoms with E-state index in [-0.39, 0.29) is 0 Å². The lowest BCUT2D eigenvalue weighted by Crippen LogP contribution is -2.30. The Bertz CT molecular complexity index is 2860. The summed E-state index contributed by atoms with van der Waals surface area (Å²) in [7, 11) is 0. The molecule has 248 valence electrons. The highest BCUT2D eigenvalue weighted by Gasteiger charge is 2.49. The zero-order valence-corrected chi connectivity index (χ0v) is 28.9. The van der Waals surface area contributed by atoms with Crippen molar-refractivity contribution >= 4 is 51.2 Å². The molecule has 11 rings (SSSR count). The van der Waals surface area contributed by atoms with Crippen molar-refractivity contribution in [2.45, 2.75) is 5.41 Å². The van der Waals surface area contributed by atoms with Gasteiger partial charge in [0.1, 0.15) is 5.58 Å². The van der Waals surface area contributed by atoms with Crippen LogP contribution in [-0.2, 0) is 5.41 Å². The van der Waals surface area contributed by atoms with Crippen LogP contribution in [0.3, 0.4) is 0 Å². The largest absolute Gasteiger partial charge is 0.454 e. The molecule has 0 saturated carbocycles. The van der Waals surface area contributed by atoms with E-state index in [1.807, 2.05) is 6.07 Å². The molecule has 0 atom stereocenters. The van der Waals surface area contributed by atoms with Crippen molar-refractivity contribution in [2.24, 2.45) is 0 Å². The summed E-state index contributed by atoms with van der Waals surface area (Å²) in [4.78, 5) is 2.45. The minimum Gasteiger partial charge on any atom is -0.454 e. The highest BCUT2D eigenvalue weighted by atomic mass is 16.3. The molecule has 1 heterocycles. The summed E-state index contributed by atoms with van der Waals surface area (Å²) in [5.41, 5.74) is 16.8. The molecule has 0 bridgehead atoms. The van der Waals surface area contributed by atoms with Crippen LogP contribution in [0, 0.1) is 0 Å². The van der Waals surface area contributed by atoms with Gasteiger partial charge < -0.3 is 9.32 Å². The Morgan fingerprint density at radius 1 is 0.377 bits per heavy atom. The van der Waals surface area contributed by atoms with Gasteiger partial charge in [-0.3, -0.25) is 0 Å². The molecular weight excluding hydrogens is 643 g/mol. The Kier molecular flexibility index (Phi) is 6.50. The molecule has 1 spiro atoms. The Hall–Kier alpha value is -6.90. The predicted octanol–water partition coefficient (Wildman–Crippen LogP) is 13.6. The van der Waals surface area contributed by atoms with Gasteiger partial charge in [0.05, 0.1) is 22.5 Å². The summed E-state index contributed by atoms with van der Waals surface area (Å²) in [5.74, 6) is 0. The molecule has 2 heteroatoms. The van der Waals surface area contributed by atoms with Gasteiger partial charge in [0.15, 0.2) is 5.58 Å². The van der Waals surface area contributed by atoms with Gasteiger partial charge in [0.2, 0.25) is 0 Å². The van der Waals surface area contributed by atoms with Crippen molar-refractivity contribution in [3.05, 3.63) is 221 Å². The summed E-state index contributed by atoms with van der Waals surface area (Å²) in [6, 6.07) is 68.2. The summed E-state index contributed by atoms with van der Waals surface area (Å²) < 4.78 is 6.81. The third-order valence-corrected chi connectivity index (χ3v) is 11.3. The molecule has 0 unspecified atom stereocenters. The Morgan fingerprint density at radius 2 is 0.925 bits per heavy atom. The van der Waals surface area contributed by atoms with E-state index in [0.717, 1.165) is 50.1 Å². The van der Waals surface area contributed by atoms with Crippen molar-refractivity contribution in [2.75, 3.05) is 4.90 Å². The molecule has 53 heavy (non-hydrogen) atoms. The third kappa shape index (κ3) is 4.21. The van der Waals surface area contributed by atoms with Gasteiger partial charge in [-0.2, -0.15) is 0 Å². The van der Waals surface area contributed by atoms with E-state index in [0.29, 0.717) is 0 Å². The van der Waals surface area contributed by atoms with E-state index in [1.54, 1.807) is 0 Å². The molecule has 0 radical (unpaired) electrons. The van der Waals surface area contributed by atoms with Gasteiger partial charge in [-0.25, -0.2) is 0 Å². The van der Waals surface area contributed by atoms with Crippen LogP contribution in [0.4, 0.5) is 17.1 Å². The zero-order chi connectivity index (χ0) is 34.9. The topological polar surface area (TPSA) is 16.4 Å². The molecule has 1 aromatic heterocycles. The van der Waals surface area contributed by atoms with Crippen LogP contribution < -0.4 is 4.90 Å². The number of benzene rings is 8. The van der Waals surface area contributed by atoms with Crippen LogP contribution in [0.2, 0.25) is 0 Å². The lowest BCUT2D eigenvalue weighted by Gasteiger charge is -2.36. The van der Waals surface area contributed by atoms with Crippen LogP contribution in [0.25, 0.3) is 56.3 Å². The minimum atomic E-state index is -0.533. The summed E-state index contributed by atoms with van der Waals surface area (Å²) in [6.45, 7) is 0. The van der Waals surface area contributed by atoms with Crippen LogP contribution in [0.5, 0.6) is 0 Å². The fourth-order valence-corrected chi connectivity index (χ4v) is 9.20. The van der Waals surface area contributed by atoms with E-state index in [2.05, 4.69) is 199 Å². The molecule has 0 saturated heterocycles. The highest BCUT2D eigenvalue weighted by molar-refractivity contribution is 6.12. The van der Waals surface area contributed by atoms with Gasteiger partial charge in [-0.05, 0) is 68.8 Å². The van der Waals surface area contributed by atoms with Crippen LogP contribution >= 0.6 is 0 Å². The number of furan rings is 1. The molecule has 2 aliphatic carbocycles. The number of fused-ring (bicyclic) bond motifs is 12. The number of nitrogens with zero attached hydrogens (tertiary/aromatic N) is 1. The maximum atomic E-state index is 6.81. The smallest absolute Gasteiger partial charge is 0.159 e. The Morgan fingerprint density at radius 3 is 1.72 bits per heavy atom. The number of hydrogen-bond acceptors (Lipinski definition) is 2. The van der Waals surface area contributed by atoms with Gasteiger partial charge in [-0.1, -0.05) is 176 Å². The number of hydrogen-bond donors (Lipinski definition) is 0. The number of rotatable bonds is 4. The Balaban J connectivity index is 1.29. The van der Waals surface area contributed by atoms with Crippen LogP contribution in [0.1, 0.15) is 33.4 Å². The Labute approximate surface area is 308 Å². The van der Waals surface area contributed by atoms with Gasteiger partial charge in [-0.15, -0.1) is 0 Å². The van der Waals surface area contributed by atoms with E-state index >= 15 is 0 Å². The summed E-state index contributed by atoms with van der Waals surface area (Å²) in [6.07, 6.45) is 4.58. The van der Waals surface area contributed by atoms with Crippen molar-refractivity contribution < 1.29 is 4.42 Å². The van der Waals surface area contributed by atoms with Gasteiger partial charge in [0, 0.05) is 21.9 Å². The average molecular weight is 676 g/mol. The van der Waals surface area contributed by atoms with E-state index < -0.39 is 5.41 Å². The second-order valence-corrected chi connectivity index (χ2v) is 14.0. The van der Waals surface area contributed by atoms with E-state index in [4.69, 9.17) is 4.42 Å². The molecule has 0 amide bonds. The lowest BCUT2D eigenvalue weighted by atomic mass is 9.66. The molecule has 2 aliphatic rings. The molecule has 0 N–H and O–H groups in total. The maximum Gasteiger partial charge on any atom is 0.159 e. The van der Waals surface area contributed by atoms with E-state index in [1.165, 1.54) is 44.5 Å². The molecule has 8 aromatic carbocycles. The standard InChI is InChI=1S/C51H33NO/c1-2-16-34(17-3-1)37-20-7-12-28-45(37)52(47-30-14-23-39-38-21-8-13-31-48(38)53-50(39)47)46-29-15-27-44-49(46)40-22-6-11-26-43(40)51(44)41-24-9-4-18-35(41)32-33-36-19-5-10-25-42(36)51/h1-33H. The molecule has 9 aromatic rings. The van der Waals surface area contributed by atoms with Crippen LogP contribution in [-0.4, -0.2) is 0 Å². The molecule has 2 nitrogen and oxygen atoms in total. The van der Waals surface area contributed by atoms with Crippen molar-refractivity contribution in [1.29, 1.82) is 0 Å². The summed E-state index contributed by atoms with van der Waals surface area (Å²) >= 11 is 0. The first kappa shape index (κ1) is 29.8. The van der Waals surface area contributed by atoms with Gasteiger partial charge in [0.25, 0.3) is 0 Å². The van der Waals surface area contributed by atoms with Crippen molar-refractivity contribution in [3.8, 4) is 22.3 Å². The zero-order valence-electron chi connectivity index (χ0n) is 28.9. The predicted molar refractivity (Wildman–Crippen MR) is 220 cm³/mol. The van der Waals surface area contributed by atoms with Crippen molar-refractivity contribution in [1.82, 2.24) is 0 Å². The summed E-state index contributed by atoms with van der Waals surface area (Å²) in [5, 5.41) is 2.21. The monoisotopic (exact) mass is 675 g/mol.